The van der Waals surface area contributed by atoms with Gasteiger partial charge in [-0.2, -0.15) is 0 Å². The van der Waals surface area contributed by atoms with Crippen LogP contribution >= 0.6 is 0 Å². The SMILES string of the molecule is CC(C)CNC(=O)[C@@H]1Cc2cc([N+](=O)[O-])ccc2N2CCN(Cc3ccc(F)cc3)C[C@@H]12. The second-order valence-corrected chi connectivity index (χ2v) is 9.14. The Labute approximate surface area is 187 Å². The zero-order valence-electron chi connectivity index (χ0n) is 18.5. The van der Waals surface area contributed by atoms with Gasteiger partial charge in [0.2, 0.25) is 5.91 Å². The Balaban J connectivity index is 1.59. The zero-order valence-corrected chi connectivity index (χ0v) is 18.5. The Morgan fingerprint density at radius 1 is 1.22 bits per heavy atom. The molecule has 2 heterocycles. The molecule has 0 spiro atoms. The summed E-state index contributed by atoms with van der Waals surface area (Å²) in [4.78, 5) is 28.6. The fourth-order valence-corrected chi connectivity index (χ4v) is 4.71. The molecule has 1 N–H and O–H groups in total. The summed E-state index contributed by atoms with van der Waals surface area (Å²) in [5.41, 5.74) is 2.92. The lowest BCUT2D eigenvalue weighted by molar-refractivity contribution is -0.384. The van der Waals surface area contributed by atoms with Gasteiger partial charge in [-0.15, -0.1) is 0 Å². The van der Waals surface area contributed by atoms with E-state index in [1.54, 1.807) is 24.3 Å². The van der Waals surface area contributed by atoms with E-state index >= 15 is 0 Å². The second-order valence-electron chi connectivity index (χ2n) is 9.14. The van der Waals surface area contributed by atoms with Crippen molar-refractivity contribution in [2.75, 3.05) is 31.1 Å². The third kappa shape index (κ3) is 4.75. The third-order valence-electron chi connectivity index (χ3n) is 6.33. The van der Waals surface area contributed by atoms with Gasteiger partial charge in [0, 0.05) is 50.5 Å². The first-order chi connectivity index (χ1) is 15.3. The van der Waals surface area contributed by atoms with Crippen LogP contribution in [0.4, 0.5) is 15.8 Å². The fraction of sp³-hybridized carbons (Fsp3) is 0.458. The molecule has 2 aliphatic heterocycles. The van der Waals surface area contributed by atoms with Gasteiger partial charge in [0.25, 0.3) is 5.69 Å². The molecule has 8 heteroatoms. The third-order valence-corrected chi connectivity index (χ3v) is 6.33. The number of hydrogen-bond acceptors (Lipinski definition) is 5. The molecule has 4 rings (SSSR count). The second kappa shape index (κ2) is 9.24. The van der Waals surface area contributed by atoms with Gasteiger partial charge in [0.05, 0.1) is 16.9 Å². The number of non-ortho nitro benzene ring substituents is 1. The normalized spacial score (nSPS) is 20.6. The van der Waals surface area contributed by atoms with Crippen molar-refractivity contribution in [1.29, 1.82) is 0 Å². The highest BCUT2D eigenvalue weighted by atomic mass is 19.1. The summed E-state index contributed by atoms with van der Waals surface area (Å²) in [6, 6.07) is 11.5. The number of benzene rings is 2. The minimum Gasteiger partial charge on any atom is -0.365 e. The summed E-state index contributed by atoms with van der Waals surface area (Å²) in [5.74, 6) is -0.208. The molecule has 2 aliphatic rings. The maximum atomic E-state index is 13.3. The number of nitrogens with zero attached hydrogens (tertiary/aromatic N) is 3. The number of nitro benzene ring substituents is 1. The van der Waals surface area contributed by atoms with Gasteiger partial charge < -0.3 is 10.2 Å². The molecule has 1 saturated heterocycles. The van der Waals surface area contributed by atoms with Gasteiger partial charge in [-0.25, -0.2) is 4.39 Å². The van der Waals surface area contributed by atoms with E-state index in [0.29, 0.717) is 32.0 Å². The van der Waals surface area contributed by atoms with E-state index < -0.39 is 0 Å². The lowest BCUT2D eigenvalue weighted by Gasteiger charge is -2.49. The Morgan fingerprint density at radius 3 is 2.66 bits per heavy atom. The molecule has 1 fully saturated rings. The Bertz CT molecular complexity index is 995. The van der Waals surface area contributed by atoms with E-state index in [4.69, 9.17) is 0 Å². The largest absolute Gasteiger partial charge is 0.365 e. The average molecular weight is 441 g/mol. The number of carbonyl (C=O) groups excluding carboxylic acids is 1. The number of nitrogens with one attached hydrogen (secondary N) is 1. The van der Waals surface area contributed by atoms with Crippen molar-refractivity contribution in [3.63, 3.8) is 0 Å². The number of amides is 1. The molecule has 0 radical (unpaired) electrons. The molecule has 1 amide bonds. The quantitative estimate of drug-likeness (QED) is 0.550. The number of piperazine rings is 1. The minimum absolute atomic E-state index is 0.00510. The zero-order chi connectivity index (χ0) is 22.8. The molecule has 0 unspecified atom stereocenters. The number of rotatable bonds is 6. The number of halogens is 1. The van der Waals surface area contributed by atoms with Crippen LogP contribution in [0.1, 0.15) is 25.0 Å². The number of anilines is 1. The summed E-state index contributed by atoms with van der Waals surface area (Å²) in [6.45, 7) is 7.62. The molecule has 2 aromatic rings. The molecular formula is C24H29FN4O3. The van der Waals surface area contributed by atoms with Crippen molar-refractivity contribution in [2.45, 2.75) is 32.9 Å². The number of hydrogen-bond donors (Lipinski definition) is 1. The van der Waals surface area contributed by atoms with Crippen molar-refractivity contribution >= 4 is 17.3 Å². The van der Waals surface area contributed by atoms with Crippen LogP contribution in [0.5, 0.6) is 0 Å². The Hall–Kier alpha value is -3.00. The molecule has 0 bridgehead atoms. The summed E-state index contributed by atoms with van der Waals surface area (Å²) in [7, 11) is 0. The van der Waals surface area contributed by atoms with Crippen LogP contribution in [0.2, 0.25) is 0 Å². The topological polar surface area (TPSA) is 78.7 Å². The van der Waals surface area contributed by atoms with Crippen LogP contribution in [-0.2, 0) is 17.8 Å². The average Bonchev–Trinajstić information content (AvgIpc) is 2.77. The fourth-order valence-electron chi connectivity index (χ4n) is 4.71. The first kappa shape index (κ1) is 22.2. The summed E-state index contributed by atoms with van der Waals surface area (Å²) in [6.07, 6.45) is 0.479. The highest BCUT2D eigenvalue weighted by Gasteiger charge is 2.41. The van der Waals surface area contributed by atoms with E-state index in [9.17, 15) is 19.3 Å². The Morgan fingerprint density at radius 2 is 1.97 bits per heavy atom. The van der Waals surface area contributed by atoms with Gasteiger partial charge in [-0.1, -0.05) is 26.0 Å². The van der Waals surface area contributed by atoms with Crippen LogP contribution in [0.25, 0.3) is 0 Å². The first-order valence-corrected chi connectivity index (χ1v) is 11.1. The number of carbonyl (C=O) groups is 1. The lowest BCUT2D eigenvalue weighted by atomic mass is 9.83. The van der Waals surface area contributed by atoms with Gasteiger partial charge in [0.1, 0.15) is 5.82 Å². The predicted molar refractivity (Wildman–Crippen MR) is 121 cm³/mol. The minimum atomic E-state index is -0.388. The van der Waals surface area contributed by atoms with Crippen LogP contribution < -0.4 is 10.2 Å². The highest BCUT2D eigenvalue weighted by Crippen LogP contribution is 2.38. The maximum absolute atomic E-state index is 13.3. The number of fused-ring (bicyclic) bond motifs is 3. The van der Waals surface area contributed by atoms with E-state index in [1.165, 1.54) is 12.1 Å². The standard InChI is InChI=1S/C24H29FN4O3/c1-16(2)13-26-24(30)21-12-18-11-20(29(31)32)7-8-22(18)28-10-9-27(15-23(21)28)14-17-3-5-19(25)6-4-17/h3-8,11,16,21,23H,9-10,12-15H2,1-2H3,(H,26,30)/t21-,23+/m1/s1. The highest BCUT2D eigenvalue weighted by molar-refractivity contribution is 5.82. The molecule has 2 aromatic carbocycles. The molecule has 0 aromatic heterocycles. The van der Waals surface area contributed by atoms with Crippen molar-refractivity contribution in [1.82, 2.24) is 10.2 Å². The molecule has 0 aliphatic carbocycles. The van der Waals surface area contributed by atoms with Crippen LogP contribution in [-0.4, -0.2) is 48.0 Å². The molecule has 170 valence electrons. The van der Waals surface area contributed by atoms with E-state index in [1.807, 2.05) is 6.07 Å². The predicted octanol–water partition coefficient (Wildman–Crippen LogP) is 3.37. The molecule has 32 heavy (non-hydrogen) atoms. The van der Waals surface area contributed by atoms with E-state index in [0.717, 1.165) is 29.9 Å². The van der Waals surface area contributed by atoms with Crippen molar-refractivity contribution in [2.24, 2.45) is 11.8 Å². The molecule has 2 atom stereocenters. The van der Waals surface area contributed by atoms with Gasteiger partial charge >= 0.3 is 0 Å². The molecular weight excluding hydrogens is 411 g/mol. The van der Waals surface area contributed by atoms with Gasteiger partial charge in [-0.05, 0) is 41.7 Å². The van der Waals surface area contributed by atoms with E-state index in [2.05, 4.69) is 29.0 Å². The summed E-state index contributed by atoms with van der Waals surface area (Å²) < 4.78 is 13.3. The molecule has 0 saturated carbocycles. The number of nitro groups is 1. The first-order valence-electron chi connectivity index (χ1n) is 11.1. The lowest BCUT2D eigenvalue weighted by Crippen LogP contribution is -2.61. The van der Waals surface area contributed by atoms with Crippen molar-refractivity contribution in [3.8, 4) is 0 Å². The Kier molecular flexibility index (Phi) is 6.41. The van der Waals surface area contributed by atoms with Gasteiger partial charge in [-0.3, -0.25) is 19.8 Å². The van der Waals surface area contributed by atoms with Crippen LogP contribution in [0.3, 0.4) is 0 Å². The monoisotopic (exact) mass is 440 g/mol. The maximum Gasteiger partial charge on any atom is 0.269 e. The van der Waals surface area contributed by atoms with Gasteiger partial charge in [0.15, 0.2) is 0 Å². The van der Waals surface area contributed by atoms with Crippen molar-refractivity contribution in [3.05, 3.63) is 69.5 Å². The van der Waals surface area contributed by atoms with Crippen LogP contribution in [0, 0.1) is 27.8 Å². The summed E-state index contributed by atoms with van der Waals surface area (Å²) >= 11 is 0. The summed E-state index contributed by atoms with van der Waals surface area (Å²) in [5, 5.41) is 14.3. The molecule has 7 nitrogen and oxygen atoms in total. The van der Waals surface area contributed by atoms with Crippen LogP contribution in [0.15, 0.2) is 42.5 Å². The van der Waals surface area contributed by atoms with Crippen molar-refractivity contribution < 1.29 is 14.1 Å². The smallest absolute Gasteiger partial charge is 0.269 e. The van der Waals surface area contributed by atoms with E-state index in [-0.39, 0.29) is 34.3 Å².